The van der Waals surface area contributed by atoms with Gasteiger partial charge in [-0.15, -0.1) is 22.7 Å². The molecule has 0 bridgehead atoms. The number of nitrogens with zero attached hydrogens (tertiary/aromatic N) is 4. The number of hydrogen-bond donors (Lipinski definition) is 0. The van der Waals surface area contributed by atoms with Crippen molar-refractivity contribution in [1.29, 1.82) is 0 Å². The molecular formula is C20H14N4S3. The highest BCUT2D eigenvalue weighted by molar-refractivity contribution is 7.22. The van der Waals surface area contributed by atoms with Gasteiger partial charge in [-0.1, -0.05) is 12.1 Å². The van der Waals surface area contributed by atoms with Gasteiger partial charge >= 0.3 is 0 Å². The van der Waals surface area contributed by atoms with E-state index in [4.69, 9.17) is 0 Å². The fourth-order valence-corrected chi connectivity index (χ4v) is 6.44. The first kappa shape index (κ1) is 15.6. The van der Waals surface area contributed by atoms with Crippen molar-refractivity contribution < 1.29 is 0 Å². The molecule has 1 aromatic carbocycles. The van der Waals surface area contributed by atoms with Crippen molar-refractivity contribution in [2.45, 2.75) is 0 Å². The van der Waals surface area contributed by atoms with E-state index < -0.39 is 0 Å². The summed E-state index contributed by atoms with van der Waals surface area (Å²) in [5, 5.41) is 0. The van der Waals surface area contributed by atoms with Crippen molar-refractivity contribution in [3.05, 3.63) is 48.8 Å². The maximum absolute atomic E-state index is 4.65. The van der Waals surface area contributed by atoms with E-state index in [1.807, 2.05) is 22.7 Å². The molecule has 6 aromatic rings. The highest BCUT2D eigenvalue weighted by Gasteiger charge is 2.17. The Morgan fingerprint density at radius 3 is 1.63 bits per heavy atom. The first-order valence-electron chi connectivity index (χ1n) is 8.55. The minimum absolute atomic E-state index is 1.00. The summed E-state index contributed by atoms with van der Waals surface area (Å²) in [5.74, 6) is 0. The van der Waals surface area contributed by atoms with Gasteiger partial charge in [-0.3, -0.25) is 0 Å². The lowest BCUT2D eigenvalue weighted by Crippen LogP contribution is -1.84. The summed E-state index contributed by atoms with van der Waals surface area (Å²) < 4.78 is 16.2. The number of benzene rings is 1. The van der Waals surface area contributed by atoms with Crippen LogP contribution >= 0.6 is 34.4 Å². The molecular weight excluding hydrogens is 392 g/mol. The lowest BCUT2D eigenvalue weighted by molar-refractivity contribution is 0.970. The molecule has 0 N–H and O–H groups in total. The van der Waals surface area contributed by atoms with Crippen LogP contribution in [0.3, 0.4) is 0 Å². The minimum atomic E-state index is 1.00. The van der Waals surface area contributed by atoms with Gasteiger partial charge in [0, 0.05) is 47.4 Å². The molecule has 0 saturated heterocycles. The lowest BCUT2D eigenvalue weighted by atomic mass is 10.1. The first-order chi connectivity index (χ1) is 13.2. The molecule has 5 heterocycles. The average molecular weight is 407 g/mol. The quantitative estimate of drug-likeness (QED) is 0.347. The van der Waals surface area contributed by atoms with E-state index in [9.17, 15) is 0 Å². The van der Waals surface area contributed by atoms with E-state index in [-0.39, 0.29) is 0 Å². The van der Waals surface area contributed by atoms with Crippen molar-refractivity contribution in [3.8, 4) is 20.9 Å². The Labute approximate surface area is 167 Å². The second-order valence-corrected chi connectivity index (χ2v) is 9.39. The third-order valence-corrected chi connectivity index (χ3v) is 7.86. The molecule has 0 aliphatic rings. The van der Waals surface area contributed by atoms with Crippen molar-refractivity contribution >= 4 is 65.9 Å². The number of thiophene rings is 2. The predicted octanol–water partition coefficient (Wildman–Crippen LogP) is 6.13. The fourth-order valence-electron chi connectivity index (χ4n) is 3.63. The number of rotatable bonds is 2. The van der Waals surface area contributed by atoms with Gasteiger partial charge in [0.2, 0.25) is 0 Å². The summed E-state index contributed by atoms with van der Waals surface area (Å²) in [4.78, 5) is 2.49. The van der Waals surface area contributed by atoms with Gasteiger partial charge in [0.05, 0.1) is 32.2 Å². The Hall–Kier alpha value is -2.48. The highest BCUT2D eigenvalue weighted by atomic mass is 32.1. The Morgan fingerprint density at radius 1 is 0.704 bits per heavy atom. The molecule has 5 aromatic heterocycles. The molecule has 7 heteroatoms. The zero-order valence-electron chi connectivity index (χ0n) is 14.6. The van der Waals surface area contributed by atoms with Gasteiger partial charge in [-0.25, -0.2) is 0 Å². The molecule has 0 fully saturated rings. The summed E-state index contributed by atoms with van der Waals surface area (Å²) in [6.45, 7) is 0. The third-order valence-electron chi connectivity index (χ3n) is 5.09. The van der Waals surface area contributed by atoms with Crippen molar-refractivity contribution in [2.75, 3.05) is 0 Å². The standard InChI is InChI=1S/C20H14N4S3/c1-23-7-5-15-13(23)9-17(25-15)11-3-4-12(20-19(11)21-27-22-20)18-10-14-16(26-18)6-8-24(14)2/h3-10H,1-2H3. The van der Waals surface area contributed by atoms with Gasteiger partial charge in [-0.05, 0) is 24.3 Å². The van der Waals surface area contributed by atoms with E-state index in [1.165, 1.54) is 53.0 Å². The van der Waals surface area contributed by atoms with Gasteiger partial charge in [0.25, 0.3) is 0 Å². The van der Waals surface area contributed by atoms with E-state index in [0.29, 0.717) is 0 Å². The SMILES string of the molecule is Cn1ccc2sc(-c3ccc(-c4cc5c(ccn5C)s4)c4nsnc34)cc21. The Balaban J connectivity index is 1.56. The lowest BCUT2D eigenvalue weighted by Gasteiger charge is -2.03. The maximum atomic E-state index is 4.65. The Bertz CT molecular complexity index is 1350. The van der Waals surface area contributed by atoms with E-state index in [2.05, 4.69) is 80.8 Å². The Kier molecular flexibility index (Phi) is 3.18. The predicted molar refractivity (Wildman–Crippen MR) is 117 cm³/mol. The summed E-state index contributed by atoms with van der Waals surface area (Å²) in [5.41, 5.74) is 6.87. The average Bonchev–Trinajstić information content (AvgIpc) is 3.44. The van der Waals surface area contributed by atoms with Crippen LogP contribution in [0.2, 0.25) is 0 Å². The summed E-state index contributed by atoms with van der Waals surface area (Å²) >= 11 is 4.92. The monoisotopic (exact) mass is 406 g/mol. The van der Waals surface area contributed by atoms with Crippen LogP contribution < -0.4 is 0 Å². The van der Waals surface area contributed by atoms with Crippen LogP contribution in [0.5, 0.6) is 0 Å². The molecule has 27 heavy (non-hydrogen) atoms. The zero-order chi connectivity index (χ0) is 18.1. The number of aryl methyl sites for hydroxylation is 2. The van der Waals surface area contributed by atoms with Crippen LogP contribution in [0, 0.1) is 0 Å². The molecule has 4 nitrogen and oxygen atoms in total. The molecule has 0 aliphatic heterocycles. The molecule has 0 aliphatic carbocycles. The fraction of sp³-hybridized carbons (Fsp3) is 0.100. The van der Waals surface area contributed by atoms with Crippen LogP contribution in [0.15, 0.2) is 48.8 Å². The van der Waals surface area contributed by atoms with E-state index in [1.54, 1.807) is 0 Å². The van der Waals surface area contributed by atoms with Gasteiger partial charge in [0.1, 0.15) is 11.0 Å². The molecule has 0 unspecified atom stereocenters. The second kappa shape index (κ2) is 5.51. The molecule has 0 spiro atoms. The molecule has 132 valence electrons. The van der Waals surface area contributed by atoms with E-state index >= 15 is 0 Å². The third kappa shape index (κ3) is 2.19. The maximum Gasteiger partial charge on any atom is 0.114 e. The largest absolute Gasteiger partial charge is 0.350 e. The van der Waals surface area contributed by atoms with Gasteiger partial charge in [0.15, 0.2) is 0 Å². The first-order valence-corrected chi connectivity index (χ1v) is 10.9. The van der Waals surface area contributed by atoms with Crippen LogP contribution in [0.4, 0.5) is 0 Å². The van der Waals surface area contributed by atoms with Crippen molar-refractivity contribution in [1.82, 2.24) is 17.9 Å². The summed E-state index contributed by atoms with van der Waals surface area (Å²) in [6, 6.07) is 13.3. The van der Waals surface area contributed by atoms with Crippen LogP contribution in [-0.2, 0) is 14.1 Å². The molecule has 0 atom stereocenters. The second-order valence-electron chi connectivity index (χ2n) is 6.70. The van der Waals surface area contributed by atoms with Crippen molar-refractivity contribution in [2.24, 2.45) is 14.1 Å². The zero-order valence-corrected chi connectivity index (χ0v) is 17.1. The number of aromatic nitrogens is 4. The van der Waals surface area contributed by atoms with Gasteiger partial charge < -0.3 is 9.13 Å². The molecule has 0 saturated carbocycles. The number of hydrogen-bond acceptors (Lipinski definition) is 5. The van der Waals surface area contributed by atoms with Gasteiger partial charge in [-0.2, -0.15) is 8.75 Å². The Morgan fingerprint density at radius 2 is 1.19 bits per heavy atom. The smallest absolute Gasteiger partial charge is 0.114 e. The molecule has 0 amide bonds. The minimum Gasteiger partial charge on any atom is -0.350 e. The molecule has 6 rings (SSSR count). The highest BCUT2D eigenvalue weighted by Crippen LogP contribution is 2.42. The van der Waals surface area contributed by atoms with E-state index in [0.717, 1.165) is 11.0 Å². The van der Waals surface area contributed by atoms with Crippen LogP contribution in [-0.4, -0.2) is 17.9 Å². The van der Waals surface area contributed by atoms with Crippen LogP contribution in [0.25, 0.3) is 52.3 Å². The molecule has 0 radical (unpaired) electrons. The van der Waals surface area contributed by atoms with Crippen molar-refractivity contribution in [3.63, 3.8) is 0 Å². The number of fused-ring (bicyclic) bond motifs is 3. The normalized spacial score (nSPS) is 12.1. The van der Waals surface area contributed by atoms with Crippen LogP contribution in [0.1, 0.15) is 0 Å². The summed E-state index contributed by atoms with van der Waals surface area (Å²) in [6.07, 6.45) is 4.21. The summed E-state index contributed by atoms with van der Waals surface area (Å²) in [7, 11) is 4.17. The topological polar surface area (TPSA) is 35.6 Å².